The molecule has 1 aliphatic carbocycles. The topological polar surface area (TPSA) is 49.9 Å². The van der Waals surface area contributed by atoms with Gasteiger partial charge in [0.1, 0.15) is 5.75 Å². The van der Waals surface area contributed by atoms with Crippen LogP contribution in [0.15, 0.2) is 12.1 Å². The van der Waals surface area contributed by atoms with Crippen molar-refractivity contribution in [2.45, 2.75) is 32.6 Å². The number of methoxy groups -OCH3 is 1. The fourth-order valence-electron chi connectivity index (χ4n) is 3.41. The van der Waals surface area contributed by atoms with Crippen LogP contribution in [0.2, 0.25) is 5.02 Å². The third-order valence-corrected chi connectivity index (χ3v) is 5.65. The number of benzene rings is 1. The van der Waals surface area contributed by atoms with Gasteiger partial charge >= 0.3 is 0 Å². The molecular formula is C19H25ClN2O3. The van der Waals surface area contributed by atoms with Crippen LogP contribution in [0, 0.1) is 12.8 Å². The lowest BCUT2D eigenvalue weighted by Gasteiger charge is -2.38. The summed E-state index contributed by atoms with van der Waals surface area (Å²) in [6, 6.07) is 3.67. The van der Waals surface area contributed by atoms with Crippen molar-refractivity contribution in [2.75, 3.05) is 33.3 Å². The molecule has 1 heterocycles. The zero-order chi connectivity index (χ0) is 18.0. The summed E-state index contributed by atoms with van der Waals surface area (Å²) in [4.78, 5) is 28.7. The lowest BCUT2D eigenvalue weighted by atomic mass is 9.84. The van der Waals surface area contributed by atoms with E-state index in [9.17, 15) is 9.59 Å². The summed E-state index contributed by atoms with van der Waals surface area (Å²) < 4.78 is 5.20. The zero-order valence-electron chi connectivity index (χ0n) is 14.9. The highest BCUT2D eigenvalue weighted by Gasteiger charge is 2.32. The lowest BCUT2D eigenvalue weighted by Crippen LogP contribution is -2.52. The molecule has 0 unspecified atom stereocenters. The van der Waals surface area contributed by atoms with E-state index in [1.54, 1.807) is 7.11 Å². The molecule has 2 aliphatic rings. The van der Waals surface area contributed by atoms with E-state index in [0.717, 1.165) is 24.0 Å². The predicted molar refractivity (Wildman–Crippen MR) is 96.9 cm³/mol. The molecule has 0 bridgehead atoms. The summed E-state index contributed by atoms with van der Waals surface area (Å²) >= 11 is 6.18. The van der Waals surface area contributed by atoms with Gasteiger partial charge < -0.3 is 14.5 Å². The van der Waals surface area contributed by atoms with E-state index in [1.165, 1.54) is 6.42 Å². The van der Waals surface area contributed by atoms with Gasteiger partial charge in [-0.3, -0.25) is 9.59 Å². The Morgan fingerprint density at radius 1 is 1.16 bits per heavy atom. The van der Waals surface area contributed by atoms with Gasteiger partial charge in [-0.25, -0.2) is 0 Å². The Bertz CT molecular complexity index is 665. The highest BCUT2D eigenvalue weighted by atomic mass is 35.5. The molecule has 0 spiro atoms. The van der Waals surface area contributed by atoms with Gasteiger partial charge in [0.2, 0.25) is 11.8 Å². The van der Waals surface area contributed by atoms with Crippen LogP contribution in [0.4, 0.5) is 0 Å². The number of hydrogen-bond acceptors (Lipinski definition) is 3. The van der Waals surface area contributed by atoms with Crippen molar-refractivity contribution in [1.29, 1.82) is 0 Å². The van der Waals surface area contributed by atoms with Crippen molar-refractivity contribution in [3.63, 3.8) is 0 Å². The van der Waals surface area contributed by atoms with Crippen LogP contribution in [0.3, 0.4) is 0 Å². The number of amides is 2. The molecule has 6 heteroatoms. The van der Waals surface area contributed by atoms with E-state index < -0.39 is 0 Å². The summed E-state index contributed by atoms with van der Waals surface area (Å²) in [5.41, 5.74) is 1.91. The highest BCUT2D eigenvalue weighted by Crippen LogP contribution is 2.29. The molecule has 1 saturated carbocycles. The second-order valence-electron chi connectivity index (χ2n) is 6.92. The molecule has 0 radical (unpaired) electrons. The van der Waals surface area contributed by atoms with E-state index in [2.05, 4.69) is 0 Å². The van der Waals surface area contributed by atoms with Gasteiger partial charge in [-0.05, 0) is 43.0 Å². The van der Waals surface area contributed by atoms with E-state index in [4.69, 9.17) is 16.3 Å². The minimum Gasteiger partial charge on any atom is -0.495 e. The van der Waals surface area contributed by atoms with Crippen molar-refractivity contribution < 1.29 is 14.3 Å². The molecule has 1 aromatic rings. The van der Waals surface area contributed by atoms with Crippen LogP contribution in [-0.2, 0) is 16.0 Å². The maximum absolute atomic E-state index is 12.6. The molecule has 3 rings (SSSR count). The van der Waals surface area contributed by atoms with Gasteiger partial charge in [0, 0.05) is 32.1 Å². The van der Waals surface area contributed by atoms with Crippen molar-refractivity contribution >= 4 is 23.4 Å². The number of halogens is 1. The molecule has 136 valence electrons. The SMILES string of the molecule is COc1cc(C)c(CC(=O)N2CCN(C(=O)C3CCC3)CC2)cc1Cl. The number of hydrogen-bond donors (Lipinski definition) is 0. The molecule has 0 aromatic heterocycles. The molecule has 1 saturated heterocycles. The first-order valence-electron chi connectivity index (χ1n) is 8.89. The van der Waals surface area contributed by atoms with Gasteiger partial charge in [0.25, 0.3) is 0 Å². The van der Waals surface area contributed by atoms with Crippen LogP contribution >= 0.6 is 11.6 Å². The zero-order valence-corrected chi connectivity index (χ0v) is 15.6. The third-order valence-electron chi connectivity index (χ3n) is 5.35. The van der Waals surface area contributed by atoms with Gasteiger partial charge in [-0.15, -0.1) is 0 Å². The fourth-order valence-corrected chi connectivity index (χ4v) is 3.67. The number of carbonyl (C=O) groups is 2. The Labute approximate surface area is 153 Å². The Morgan fingerprint density at radius 2 is 1.80 bits per heavy atom. The van der Waals surface area contributed by atoms with Gasteiger partial charge in [-0.1, -0.05) is 18.0 Å². The fraction of sp³-hybridized carbons (Fsp3) is 0.579. The summed E-state index contributed by atoms with van der Waals surface area (Å²) in [6.07, 6.45) is 3.54. The predicted octanol–water partition coefficient (Wildman–Crippen LogP) is 2.67. The number of nitrogens with zero attached hydrogens (tertiary/aromatic N) is 2. The lowest BCUT2D eigenvalue weighted by molar-refractivity contribution is -0.143. The van der Waals surface area contributed by atoms with E-state index in [1.807, 2.05) is 28.9 Å². The van der Waals surface area contributed by atoms with E-state index in [-0.39, 0.29) is 17.7 Å². The Hall–Kier alpha value is -1.75. The smallest absolute Gasteiger partial charge is 0.227 e. The third kappa shape index (κ3) is 3.92. The van der Waals surface area contributed by atoms with Crippen molar-refractivity contribution in [2.24, 2.45) is 5.92 Å². The van der Waals surface area contributed by atoms with E-state index in [0.29, 0.717) is 43.4 Å². The Morgan fingerprint density at radius 3 is 2.36 bits per heavy atom. The first-order valence-corrected chi connectivity index (χ1v) is 9.27. The van der Waals surface area contributed by atoms with Crippen LogP contribution < -0.4 is 4.74 Å². The van der Waals surface area contributed by atoms with Crippen LogP contribution in [-0.4, -0.2) is 54.9 Å². The van der Waals surface area contributed by atoms with Gasteiger partial charge in [0.05, 0.1) is 18.6 Å². The quantitative estimate of drug-likeness (QED) is 0.825. The molecule has 25 heavy (non-hydrogen) atoms. The maximum Gasteiger partial charge on any atom is 0.227 e. The second kappa shape index (κ2) is 7.65. The summed E-state index contributed by atoms with van der Waals surface area (Å²) in [6.45, 7) is 4.46. The van der Waals surface area contributed by atoms with E-state index >= 15 is 0 Å². The average molecular weight is 365 g/mol. The van der Waals surface area contributed by atoms with Crippen LogP contribution in [0.25, 0.3) is 0 Å². The molecule has 0 atom stereocenters. The first kappa shape index (κ1) is 18.1. The number of aryl methyl sites for hydroxylation is 1. The summed E-state index contributed by atoms with van der Waals surface area (Å²) in [5.74, 6) is 1.21. The Kier molecular flexibility index (Phi) is 5.52. The average Bonchev–Trinajstić information content (AvgIpc) is 2.56. The normalized spacial score (nSPS) is 18.0. The van der Waals surface area contributed by atoms with Crippen molar-refractivity contribution in [3.05, 3.63) is 28.3 Å². The van der Waals surface area contributed by atoms with Crippen LogP contribution in [0.5, 0.6) is 5.75 Å². The van der Waals surface area contributed by atoms with Crippen LogP contribution in [0.1, 0.15) is 30.4 Å². The van der Waals surface area contributed by atoms with Gasteiger partial charge in [-0.2, -0.15) is 0 Å². The summed E-state index contributed by atoms with van der Waals surface area (Å²) in [5, 5.41) is 0.520. The number of rotatable bonds is 4. The van der Waals surface area contributed by atoms with Gasteiger partial charge in [0.15, 0.2) is 0 Å². The first-order chi connectivity index (χ1) is 12.0. The van der Waals surface area contributed by atoms with Crippen molar-refractivity contribution in [1.82, 2.24) is 9.80 Å². The van der Waals surface area contributed by atoms with Crippen molar-refractivity contribution in [3.8, 4) is 5.75 Å². The largest absolute Gasteiger partial charge is 0.495 e. The molecule has 2 amide bonds. The maximum atomic E-state index is 12.6. The number of carbonyl (C=O) groups excluding carboxylic acids is 2. The number of piperazine rings is 1. The number of ether oxygens (including phenoxy) is 1. The summed E-state index contributed by atoms with van der Waals surface area (Å²) in [7, 11) is 1.58. The molecule has 1 aromatic carbocycles. The molecular weight excluding hydrogens is 340 g/mol. The molecule has 1 aliphatic heterocycles. The Balaban J connectivity index is 1.56. The highest BCUT2D eigenvalue weighted by molar-refractivity contribution is 6.32. The molecule has 5 nitrogen and oxygen atoms in total. The standard InChI is InChI=1S/C19H25ClN2O3/c1-13-10-17(25-2)16(20)11-15(13)12-18(23)21-6-8-22(9-7-21)19(24)14-4-3-5-14/h10-11,14H,3-9,12H2,1-2H3. The second-order valence-corrected chi connectivity index (χ2v) is 7.33. The monoisotopic (exact) mass is 364 g/mol. The molecule has 2 fully saturated rings. The molecule has 0 N–H and O–H groups in total. The minimum atomic E-state index is 0.0834. The minimum absolute atomic E-state index is 0.0834.